The minimum atomic E-state index is -2.96. The van der Waals surface area contributed by atoms with Crippen LogP contribution in [0.15, 0.2) is 6.20 Å². The number of hydrogen-bond acceptors (Lipinski definition) is 5. The first-order valence-corrected chi connectivity index (χ1v) is 7.71. The number of sulfone groups is 1. The van der Waals surface area contributed by atoms with Gasteiger partial charge in [0.25, 0.3) is 0 Å². The molecule has 1 aromatic heterocycles. The molecule has 2 heterocycles. The number of carbonyl (C=O) groups is 1. The Labute approximate surface area is 98.6 Å². The minimum Gasteiger partial charge on any atom is -0.297 e. The lowest BCUT2D eigenvalue weighted by Crippen LogP contribution is -2.37. The van der Waals surface area contributed by atoms with Crippen LogP contribution in [0.25, 0.3) is 0 Å². The second kappa shape index (κ2) is 3.92. The molecule has 6 heteroatoms. The average molecular weight is 259 g/mol. The van der Waals surface area contributed by atoms with Crippen molar-refractivity contribution in [2.24, 2.45) is 0 Å². The first-order chi connectivity index (χ1) is 7.45. The molecule has 0 N–H and O–H groups in total. The molecule has 16 heavy (non-hydrogen) atoms. The largest absolute Gasteiger partial charge is 0.297 e. The first kappa shape index (κ1) is 11.7. The van der Waals surface area contributed by atoms with E-state index in [0.29, 0.717) is 11.3 Å². The van der Waals surface area contributed by atoms with E-state index in [0.717, 1.165) is 17.7 Å². The number of aldehydes is 1. The molecule has 0 radical (unpaired) electrons. The fraction of sp³-hybridized carbons (Fsp3) is 0.600. The molecule has 0 saturated carbocycles. The molecule has 0 bridgehead atoms. The van der Waals surface area contributed by atoms with Crippen LogP contribution >= 0.6 is 11.3 Å². The topological polar surface area (TPSA) is 64.1 Å². The Hall–Kier alpha value is -0.750. The Morgan fingerprint density at radius 2 is 2.31 bits per heavy atom. The van der Waals surface area contributed by atoms with Crippen molar-refractivity contribution in [3.05, 3.63) is 16.1 Å². The van der Waals surface area contributed by atoms with Crippen LogP contribution in [0.5, 0.6) is 0 Å². The molecule has 1 unspecified atom stereocenters. The highest BCUT2D eigenvalue weighted by molar-refractivity contribution is 7.91. The molecule has 1 aliphatic rings. The third-order valence-electron chi connectivity index (χ3n) is 2.88. The third-order valence-corrected chi connectivity index (χ3v) is 6.09. The zero-order valence-electron chi connectivity index (χ0n) is 8.97. The number of rotatable bonds is 2. The van der Waals surface area contributed by atoms with Gasteiger partial charge in [-0.1, -0.05) is 6.92 Å². The van der Waals surface area contributed by atoms with Crippen LogP contribution in [0.4, 0.5) is 0 Å². The van der Waals surface area contributed by atoms with E-state index in [-0.39, 0.29) is 11.5 Å². The SMILES string of the molecule is CC1(c2ncc(C=O)s2)CCCS(=O)(=O)C1. The Balaban J connectivity index is 2.34. The van der Waals surface area contributed by atoms with E-state index < -0.39 is 15.3 Å². The summed E-state index contributed by atoms with van der Waals surface area (Å²) in [5.41, 5.74) is -0.414. The van der Waals surface area contributed by atoms with Crippen molar-refractivity contribution in [2.45, 2.75) is 25.2 Å². The van der Waals surface area contributed by atoms with Crippen molar-refractivity contribution in [2.75, 3.05) is 11.5 Å². The summed E-state index contributed by atoms with van der Waals surface area (Å²) >= 11 is 1.30. The molecule has 1 aliphatic heterocycles. The average Bonchev–Trinajstić information content (AvgIpc) is 2.64. The van der Waals surface area contributed by atoms with Gasteiger partial charge in [-0.15, -0.1) is 11.3 Å². The lowest BCUT2D eigenvalue weighted by atomic mass is 9.88. The van der Waals surface area contributed by atoms with Gasteiger partial charge in [-0.3, -0.25) is 4.79 Å². The van der Waals surface area contributed by atoms with Crippen LogP contribution in [-0.2, 0) is 15.3 Å². The molecule has 1 fully saturated rings. The van der Waals surface area contributed by atoms with Gasteiger partial charge >= 0.3 is 0 Å². The van der Waals surface area contributed by atoms with Gasteiger partial charge in [0.05, 0.1) is 16.4 Å². The van der Waals surface area contributed by atoms with Crippen molar-refractivity contribution < 1.29 is 13.2 Å². The van der Waals surface area contributed by atoms with Crippen molar-refractivity contribution in [1.82, 2.24) is 4.98 Å². The summed E-state index contributed by atoms with van der Waals surface area (Å²) in [6, 6.07) is 0. The highest BCUT2D eigenvalue weighted by atomic mass is 32.2. The van der Waals surface area contributed by atoms with Gasteiger partial charge in [0.1, 0.15) is 5.01 Å². The number of hydrogen-bond donors (Lipinski definition) is 0. The summed E-state index contributed by atoms with van der Waals surface area (Å²) in [4.78, 5) is 15.3. The lowest BCUT2D eigenvalue weighted by molar-refractivity contribution is 0.112. The standard InChI is InChI=1S/C10H13NO3S2/c1-10(3-2-4-16(13,14)7-10)9-11-5-8(6-12)15-9/h5-6H,2-4,7H2,1H3. The van der Waals surface area contributed by atoms with E-state index in [1.165, 1.54) is 17.5 Å². The second-order valence-corrected chi connectivity index (χ2v) is 7.69. The Morgan fingerprint density at radius 3 is 2.88 bits per heavy atom. The Morgan fingerprint density at radius 1 is 1.56 bits per heavy atom. The van der Waals surface area contributed by atoms with Crippen molar-refractivity contribution in [1.29, 1.82) is 0 Å². The lowest BCUT2D eigenvalue weighted by Gasteiger charge is -2.31. The minimum absolute atomic E-state index is 0.145. The summed E-state index contributed by atoms with van der Waals surface area (Å²) in [6.45, 7) is 1.91. The van der Waals surface area contributed by atoms with Crippen LogP contribution in [-0.4, -0.2) is 31.2 Å². The Bertz CT molecular complexity index is 506. The zero-order valence-corrected chi connectivity index (χ0v) is 10.6. The van der Waals surface area contributed by atoms with E-state index >= 15 is 0 Å². The zero-order chi connectivity index (χ0) is 11.8. The van der Waals surface area contributed by atoms with Crippen LogP contribution in [0.1, 0.15) is 34.4 Å². The van der Waals surface area contributed by atoms with E-state index in [2.05, 4.69) is 4.98 Å². The van der Waals surface area contributed by atoms with Gasteiger partial charge in [0.2, 0.25) is 0 Å². The maximum atomic E-state index is 11.6. The van der Waals surface area contributed by atoms with Gasteiger partial charge < -0.3 is 0 Å². The fourth-order valence-electron chi connectivity index (χ4n) is 2.10. The van der Waals surface area contributed by atoms with Crippen molar-refractivity contribution in [3.8, 4) is 0 Å². The monoisotopic (exact) mass is 259 g/mol. The third kappa shape index (κ3) is 2.17. The second-order valence-electron chi connectivity index (χ2n) is 4.44. The maximum absolute atomic E-state index is 11.6. The normalized spacial score (nSPS) is 28.8. The summed E-state index contributed by atoms with van der Waals surface area (Å²) in [6.07, 6.45) is 3.76. The number of thiazole rings is 1. The molecule has 0 amide bonds. The quantitative estimate of drug-likeness (QED) is 0.754. The van der Waals surface area contributed by atoms with E-state index in [9.17, 15) is 13.2 Å². The van der Waals surface area contributed by atoms with Gasteiger partial charge in [-0.05, 0) is 12.8 Å². The fourth-order valence-corrected chi connectivity index (χ4v) is 5.08. The molecule has 88 valence electrons. The molecule has 1 aromatic rings. The summed E-state index contributed by atoms with van der Waals surface area (Å²) in [5, 5.41) is 0.762. The van der Waals surface area contributed by atoms with E-state index in [1.807, 2.05) is 6.92 Å². The summed E-state index contributed by atoms with van der Waals surface area (Å²) in [5.74, 6) is 0.417. The predicted octanol–water partition coefficient (Wildman–Crippen LogP) is 1.42. The van der Waals surface area contributed by atoms with Gasteiger partial charge in [0, 0.05) is 11.6 Å². The number of nitrogens with zero attached hydrogens (tertiary/aromatic N) is 1. The molecular formula is C10H13NO3S2. The highest BCUT2D eigenvalue weighted by Gasteiger charge is 2.38. The molecule has 0 aliphatic carbocycles. The molecule has 1 atom stereocenters. The molecule has 1 saturated heterocycles. The van der Waals surface area contributed by atoms with Crippen LogP contribution in [0.2, 0.25) is 0 Å². The summed E-state index contributed by atoms with van der Waals surface area (Å²) in [7, 11) is -2.96. The van der Waals surface area contributed by atoms with Crippen LogP contribution < -0.4 is 0 Å². The predicted molar refractivity (Wildman–Crippen MR) is 62.7 cm³/mol. The van der Waals surface area contributed by atoms with E-state index in [1.54, 1.807) is 0 Å². The van der Waals surface area contributed by atoms with Crippen molar-refractivity contribution >= 4 is 27.5 Å². The molecule has 0 spiro atoms. The van der Waals surface area contributed by atoms with Gasteiger partial charge in [-0.25, -0.2) is 13.4 Å². The van der Waals surface area contributed by atoms with Crippen LogP contribution in [0, 0.1) is 0 Å². The first-order valence-electron chi connectivity index (χ1n) is 5.07. The summed E-state index contributed by atoms with van der Waals surface area (Å²) < 4.78 is 23.2. The molecular weight excluding hydrogens is 246 g/mol. The molecule has 0 aromatic carbocycles. The maximum Gasteiger partial charge on any atom is 0.161 e. The smallest absolute Gasteiger partial charge is 0.161 e. The van der Waals surface area contributed by atoms with Crippen molar-refractivity contribution in [3.63, 3.8) is 0 Å². The van der Waals surface area contributed by atoms with E-state index in [4.69, 9.17) is 0 Å². The van der Waals surface area contributed by atoms with Gasteiger partial charge in [-0.2, -0.15) is 0 Å². The molecule has 4 nitrogen and oxygen atoms in total. The number of carbonyl (C=O) groups excluding carboxylic acids is 1. The number of aromatic nitrogens is 1. The van der Waals surface area contributed by atoms with Crippen LogP contribution in [0.3, 0.4) is 0 Å². The van der Waals surface area contributed by atoms with Gasteiger partial charge in [0.15, 0.2) is 16.1 Å². The highest BCUT2D eigenvalue weighted by Crippen LogP contribution is 2.36. The molecule has 2 rings (SSSR count). The Kier molecular flexibility index (Phi) is 2.88.